The molecule has 1 aliphatic carbocycles. The van der Waals surface area contributed by atoms with Crippen LogP contribution in [0, 0.1) is 5.92 Å². The average molecular weight is 234 g/mol. The maximum absolute atomic E-state index is 2.37. The minimum Gasteiger partial charge on any atom is -0.0776 e. The minimum atomic E-state index is 0. The SMILES string of the molecule is C.CC.CCC1(C(C)C)CCc2ccccc21. The highest BCUT2D eigenvalue weighted by molar-refractivity contribution is 5.39. The van der Waals surface area contributed by atoms with E-state index < -0.39 is 0 Å². The summed E-state index contributed by atoms with van der Waals surface area (Å²) in [6, 6.07) is 9.00. The zero-order valence-corrected chi connectivity index (χ0v) is 11.5. The lowest BCUT2D eigenvalue weighted by atomic mass is 9.71. The molecule has 0 aromatic heterocycles. The molecule has 0 N–H and O–H groups in total. The van der Waals surface area contributed by atoms with Gasteiger partial charge in [0.05, 0.1) is 0 Å². The predicted molar refractivity (Wildman–Crippen MR) is 79.6 cm³/mol. The molecular weight excluding hydrogens is 204 g/mol. The number of aryl methyl sites for hydroxylation is 1. The second-order valence-electron chi connectivity index (χ2n) is 4.82. The van der Waals surface area contributed by atoms with Gasteiger partial charge in [0.25, 0.3) is 0 Å². The van der Waals surface area contributed by atoms with Crippen LogP contribution in [0.15, 0.2) is 24.3 Å². The van der Waals surface area contributed by atoms with E-state index in [2.05, 4.69) is 45.0 Å². The summed E-state index contributed by atoms with van der Waals surface area (Å²) in [6.45, 7) is 11.1. The Morgan fingerprint density at radius 1 is 1.18 bits per heavy atom. The van der Waals surface area contributed by atoms with Crippen LogP contribution in [-0.2, 0) is 11.8 Å². The van der Waals surface area contributed by atoms with Crippen LogP contribution in [0.1, 0.15) is 66.0 Å². The van der Waals surface area contributed by atoms with Crippen LogP contribution in [-0.4, -0.2) is 0 Å². The molecule has 0 amide bonds. The number of hydrogen-bond donors (Lipinski definition) is 0. The Hall–Kier alpha value is -0.780. The third-order valence-electron chi connectivity index (χ3n) is 4.13. The zero-order chi connectivity index (χ0) is 12.2. The van der Waals surface area contributed by atoms with Gasteiger partial charge in [0.1, 0.15) is 0 Å². The third-order valence-corrected chi connectivity index (χ3v) is 4.13. The molecular formula is C17H30. The van der Waals surface area contributed by atoms with Crippen LogP contribution in [0.2, 0.25) is 0 Å². The van der Waals surface area contributed by atoms with Gasteiger partial charge >= 0.3 is 0 Å². The molecule has 1 aromatic carbocycles. The van der Waals surface area contributed by atoms with Gasteiger partial charge in [0.15, 0.2) is 0 Å². The van der Waals surface area contributed by atoms with Crippen molar-refractivity contribution in [3.63, 3.8) is 0 Å². The van der Waals surface area contributed by atoms with Crippen LogP contribution in [0.5, 0.6) is 0 Å². The fourth-order valence-electron chi connectivity index (χ4n) is 3.09. The van der Waals surface area contributed by atoms with E-state index in [-0.39, 0.29) is 7.43 Å². The molecule has 2 rings (SSSR count). The maximum atomic E-state index is 2.37. The van der Waals surface area contributed by atoms with Crippen LogP contribution < -0.4 is 0 Å². The summed E-state index contributed by atoms with van der Waals surface area (Å²) in [5, 5.41) is 0. The number of hydrogen-bond acceptors (Lipinski definition) is 0. The minimum absolute atomic E-state index is 0. The molecule has 0 heteroatoms. The van der Waals surface area contributed by atoms with Gasteiger partial charge in [0, 0.05) is 0 Å². The summed E-state index contributed by atoms with van der Waals surface area (Å²) in [6.07, 6.45) is 3.91. The Bertz CT molecular complexity index is 325. The molecule has 0 spiro atoms. The lowest BCUT2D eigenvalue weighted by molar-refractivity contribution is 0.294. The van der Waals surface area contributed by atoms with Gasteiger partial charge in [-0.15, -0.1) is 0 Å². The van der Waals surface area contributed by atoms with Gasteiger partial charge in [-0.2, -0.15) is 0 Å². The van der Waals surface area contributed by atoms with Gasteiger partial charge in [0.2, 0.25) is 0 Å². The molecule has 1 aliphatic rings. The smallest absolute Gasteiger partial charge is 0.00207 e. The summed E-state index contributed by atoms with van der Waals surface area (Å²) in [7, 11) is 0. The highest BCUT2D eigenvalue weighted by atomic mass is 14.4. The first kappa shape index (κ1) is 16.2. The maximum Gasteiger partial charge on any atom is -0.00207 e. The molecule has 0 nitrogen and oxygen atoms in total. The molecule has 0 saturated carbocycles. The van der Waals surface area contributed by atoms with Crippen molar-refractivity contribution in [1.29, 1.82) is 0 Å². The van der Waals surface area contributed by atoms with Crippen molar-refractivity contribution < 1.29 is 0 Å². The first-order valence-electron chi connectivity index (χ1n) is 6.79. The van der Waals surface area contributed by atoms with Crippen molar-refractivity contribution in [1.82, 2.24) is 0 Å². The summed E-state index contributed by atoms with van der Waals surface area (Å²) in [4.78, 5) is 0. The molecule has 98 valence electrons. The summed E-state index contributed by atoms with van der Waals surface area (Å²) < 4.78 is 0. The lowest BCUT2D eigenvalue weighted by Crippen LogP contribution is -2.28. The van der Waals surface area contributed by atoms with Crippen molar-refractivity contribution in [3.8, 4) is 0 Å². The van der Waals surface area contributed by atoms with Crippen molar-refractivity contribution in [2.45, 2.75) is 66.7 Å². The number of benzene rings is 1. The fourth-order valence-corrected chi connectivity index (χ4v) is 3.09. The van der Waals surface area contributed by atoms with Gasteiger partial charge < -0.3 is 0 Å². The molecule has 0 radical (unpaired) electrons. The largest absolute Gasteiger partial charge is 0.0776 e. The first-order valence-corrected chi connectivity index (χ1v) is 6.79. The van der Waals surface area contributed by atoms with E-state index in [1.165, 1.54) is 19.3 Å². The average Bonchev–Trinajstić information content (AvgIpc) is 2.72. The Morgan fingerprint density at radius 2 is 1.76 bits per heavy atom. The molecule has 0 saturated heterocycles. The predicted octanol–water partition coefficient (Wildman–Crippen LogP) is 5.60. The van der Waals surface area contributed by atoms with E-state index in [1.54, 1.807) is 11.1 Å². The van der Waals surface area contributed by atoms with E-state index in [0.29, 0.717) is 5.41 Å². The van der Waals surface area contributed by atoms with Crippen LogP contribution in [0.25, 0.3) is 0 Å². The van der Waals surface area contributed by atoms with Crippen LogP contribution in [0.3, 0.4) is 0 Å². The second kappa shape index (κ2) is 6.83. The lowest BCUT2D eigenvalue weighted by Gasteiger charge is -2.33. The molecule has 0 aliphatic heterocycles. The van der Waals surface area contributed by atoms with Gasteiger partial charge in [-0.05, 0) is 41.7 Å². The molecule has 1 atom stereocenters. The van der Waals surface area contributed by atoms with E-state index in [1.807, 2.05) is 13.8 Å². The van der Waals surface area contributed by atoms with E-state index >= 15 is 0 Å². The van der Waals surface area contributed by atoms with Gasteiger partial charge in [-0.1, -0.05) is 66.3 Å². The molecule has 17 heavy (non-hydrogen) atoms. The Kier molecular flexibility index (Phi) is 6.52. The van der Waals surface area contributed by atoms with Crippen molar-refractivity contribution in [2.75, 3.05) is 0 Å². The number of rotatable bonds is 2. The first-order chi connectivity index (χ1) is 7.70. The van der Waals surface area contributed by atoms with E-state index in [4.69, 9.17) is 0 Å². The third kappa shape index (κ3) is 2.73. The summed E-state index contributed by atoms with van der Waals surface area (Å²) in [5.74, 6) is 0.760. The normalized spacial score (nSPS) is 21.3. The highest BCUT2D eigenvalue weighted by Crippen LogP contribution is 2.46. The van der Waals surface area contributed by atoms with E-state index in [9.17, 15) is 0 Å². The standard InChI is InChI=1S/C14H20.C2H6.CH4/c1-4-14(11(2)3)10-9-12-7-5-6-8-13(12)14;1-2;/h5-8,11H,4,9-10H2,1-3H3;1-2H3;1H4. The summed E-state index contributed by atoms with van der Waals surface area (Å²) >= 11 is 0. The Balaban J connectivity index is 0.000000811. The Labute approximate surface area is 108 Å². The molecule has 1 unspecified atom stereocenters. The second-order valence-corrected chi connectivity index (χ2v) is 4.82. The van der Waals surface area contributed by atoms with E-state index in [0.717, 1.165) is 5.92 Å². The van der Waals surface area contributed by atoms with Crippen molar-refractivity contribution in [2.24, 2.45) is 5.92 Å². The van der Waals surface area contributed by atoms with Gasteiger partial charge in [-0.25, -0.2) is 0 Å². The van der Waals surface area contributed by atoms with Crippen LogP contribution in [0.4, 0.5) is 0 Å². The summed E-state index contributed by atoms with van der Waals surface area (Å²) in [5.41, 5.74) is 3.68. The Morgan fingerprint density at radius 3 is 2.29 bits per heavy atom. The molecule has 0 heterocycles. The molecule has 0 fully saturated rings. The van der Waals surface area contributed by atoms with Crippen molar-refractivity contribution >= 4 is 0 Å². The molecule has 1 aromatic rings. The fraction of sp³-hybridized carbons (Fsp3) is 0.647. The van der Waals surface area contributed by atoms with Gasteiger partial charge in [-0.3, -0.25) is 0 Å². The number of fused-ring (bicyclic) bond motifs is 1. The van der Waals surface area contributed by atoms with Crippen LogP contribution >= 0.6 is 0 Å². The monoisotopic (exact) mass is 234 g/mol. The highest BCUT2D eigenvalue weighted by Gasteiger charge is 2.39. The molecule has 0 bridgehead atoms. The van der Waals surface area contributed by atoms with Crippen molar-refractivity contribution in [3.05, 3.63) is 35.4 Å². The zero-order valence-electron chi connectivity index (χ0n) is 11.5. The quantitative estimate of drug-likeness (QED) is 0.625. The topological polar surface area (TPSA) is 0 Å².